The third kappa shape index (κ3) is 6.71. The van der Waals surface area contributed by atoms with Crippen molar-refractivity contribution in [2.24, 2.45) is 11.7 Å². The number of carbonyl (C=O) groups excluding carboxylic acids is 1. The molecule has 1 atom stereocenters. The van der Waals surface area contributed by atoms with Gasteiger partial charge in [0.05, 0.1) is 0 Å². The highest BCUT2D eigenvalue weighted by Gasteiger charge is 2.15. The number of nitrogens with zero attached hydrogens (tertiary/aromatic N) is 1. The topological polar surface area (TPSA) is 58.4 Å². The summed E-state index contributed by atoms with van der Waals surface area (Å²) >= 11 is 0. The number of benzene rings is 1. The van der Waals surface area contributed by atoms with Crippen LogP contribution < -0.4 is 11.1 Å². The molecule has 3 N–H and O–H groups in total. The molecule has 2 rings (SSSR count). The zero-order valence-electron chi connectivity index (χ0n) is 14.3. The van der Waals surface area contributed by atoms with Gasteiger partial charge in [-0.05, 0) is 56.8 Å². The highest BCUT2D eigenvalue weighted by molar-refractivity contribution is 5.76. The van der Waals surface area contributed by atoms with E-state index < -0.39 is 0 Å². The van der Waals surface area contributed by atoms with Gasteiger partial charge in [0.15, 0.2) is 0 Å². The molecule has 0 aromatic heterocycles. The van der Waals surface area contributed by atoms with Gasteiger partial charge in [0.25, 0.3) is 0 Å². The Bertz CT molecular complexity index is 455. The summed E-state index contributed by atoms with van der Waals surface area (Å²) in [5.41, 5.74) is 7.08. The molecule has 0 saturated carbocycles. The van der Waals surface area contributed by atoms with Crippen LogP contribution in [-0.4, -0.2) is 37.0 Å². The Balaban J connectivity index is 1.53. The van der Waals surface area contributed by atoms with Crippen molar-refractivity contribution in [2.45, 2.75) is 45.1 Å². The summed E-state index contributed by atoms with van der Waals surface area (Å²) in [6.45, 7) is 6.72. The number of rotatable bonds is 8. The third-order valence-corrected chi connectivity index (χ3v) is 4.73. The fourth-order valence-electron chi connectivity index (χ4n) is 3.06. The van der Waals surface area contributed by atoms with Gasteiger partial charge in [-0.2, -0.15) is 0 Å². The summed E-state index contributed by atoms with van der Waals surface area (Å²) in [6.07, 6.45) is 5.20. The first kappa shape index (κ1) is 18.0. The van der Waals surface area contributed by atoms with Crippen LogP contribution >= 0.6 is 0 Å². The lowest BCUT2D eigenvalue weighted by Crippen LogP contribution is -2.34. The first-order chi connectivity index (χ1) is 11.1. The van der Waals surface area contributed by atoms with E-state index in [9.17, 15) is 4.79 Å². The predicted octanol–water partition coefficient (Wildman–Crippen LogP) is 2.70. The van der Waals surface area contributed by atoms with Crippen molar-refractivity contribution in [1.29, 1.82) is 0 Å². The molecule has 1 fully saturated rings. The quantitative estimate of drug-likeness (QED) is 0.725. The highest BCUT2D eigenvalue weighted by atomic mass is 16.1. The SMILES string of the molecule is CC1CCN(CCCCNC(=O)CC(N)c2ccccc2)CC1. The second-order valence-electron chi connectivity index (χ2n) is 6.80. The minimum atomic E-state index is -0.216. The number of nitrogens with two attached hydrogens (primary N) is 1. The van der Waals surface area contributed by atoms with Gasteiger partial charge in [0.2, 0.25) is 5.91 Å². The fourth-order valence-corrected chi connectivity index (χ4v) is 3.06. The van der Waals surface area contributed by atoms with E-state index in [2.05, 4.69) is 17.1 Å². The number of likely N-dealkylation sites (tertiary alicyclic amines) is 1. The van der Waals surface area contributed by atoms with Gasteiger partial charge in [0.1, 0.15) is 0 Å². The molecule has 1 aromatic carbocycles. The van der Waals surface area contributed by atoms with E-state index in [1.54, 1.807) is 0 Å². The number of carbonyl (C=O) groups is 1. The van der Waals surface area contributed by atoms with Crippen molar-refractivity contribution in [2.75, 3.05) is 26.2 Å². The number of hydrogen-bond acceptors (Lipinski definition) is 3. The van der Waals surface area contributed by atoms with Crippen LogP contribution in [0.15, 0.2) is 30.3 Å². The molecule has 4 heteroatoms. The maximum absolute atomic E-state index is 11.9. The predicted molar refractivity (Wildman–Crippen MR) is 95.1 cm³/mol. The van der Waals surface area contributed by atoms with E-state index in [1.165, 1.54) is 25.9 Å². The number of hydrogen-bond donors (Lipinski definition) is 2. The maximum Gasteiger partial charge on any atom is 0.221 e. The third-order valence-electron chi connectivity index (χ3n) is 4.73. The van der Waals surface area contributed by atoms with Gasteiger partial charge in [-0.1, -0.05) is 37.3 Å². The molecule has 1 amide bonds. The molecule has 23 heavy (non-hydrogen) atoms. The van der Waals surface area contributed by atoms with Crippen LogP contribution in [0.1, 0.15) is 50.6 Å². The molecule has 0 bridgehead atoms. The molecule has 1 aromatic rings. The van der Waals surface area contributed by atoms with E-state index in [0.717, 1.165) is 37.4 Å². The standard InChI is InChI=1S/C19H31N3O/c1-16-9-13-22(14-10-16)12-6-5-11-21-19(23)15-18(20)17-7-3-2-4-8-17/h2-4,7-8,16,18H,5-6,9-15,20H2,1H3,(H,21,23). The van der Waals surface area contributed by atoms with E-state index >= 15 is 0 Å². The monoisotopic (exact) mass is 317 g/mol. The summed E-state index contributed by atoms with van der Waals surface area (Å²) < 4.78 is 0. The van der Waals surface area contributed by atoms with Gasteiger partial charge in [-0.3, -0.25) is 4.79 Å². The van der Waals surface area contributed by atoms with Crippen molar-refractivity contribution in [1.82, 2.24) is 10.2 Å². The van der Waals surface area contributed by atoms with Crippen LogP contribution in [0.3, 0.4) is 0 Å². The Labute approximate surface area is 140 Å². The summed E-state index contributed by atoms with van der Waals surface area (Å²) in [6, 6.07) is 9.59. The zero-order valence-corrected chi connectivity index (χ0v) is 14.3. The molecule has 1 saturated heterocycles. The average Bonchev–Trinajstić information content (AvgIpc) is 2.57. The molecule has 128 valence electrons. The van der Waals surface area contributed by atoms with Crippen molar-refractivity contribution in [3.8, 4) is 0 Å². The zero-order chi connectivity index (χ0) is 16.5. The summed E-state index contributed by atoms with van der Waals surface area (Å²) in [5, 5.41) is 2.99. The van der Waals surface area contributed by atoms with Gasteiger partial charge in [-0.25, -0.2) is 0 Å². The number of unbranched alkanes of at least 4 members (excludes halogenated alkanes) is 1. The smallest absolute Gasteiger partial charge is 0.221 e. The van der Waals surface area contributed by atoms with Crippen LogP contribution in [0.4, 0.5) is 0 Å². The molecule has 1 heterocycles. The molecular weight excluding hydrogens is 286 g/mol. The fraction of sp³-hybridized carbons (Fsp3) is 0.632. The first-order valence-corrected chi connectivity index (χ1v) is 8.94. The minimum Gasteiger partial charge on any atom is -0.356 e. The lowest BCUT2D eigenvalue weighted by Gasteiger charge is -2.30. The Morgan fingerprint density at radius 1 is 1.26 bits per heavy atom. The highest BCUT2D eigenvalue weighted by Crippen LogP contribution is 2.16. The Hall–Kier alpha value is -1.39. The molecule has 0 spiro atoms. The molecule has 0 aliphatic carbocycles. The lowest BCUT2D eigenvalue weighted by molar-refractivity contribution is -0.121. The van der Waals surface area contributed by atoms with Gasteiger partial charge >= 0.3 is 0 Å². The molecule has 1 aliphatic heterocycles. The largest absolute Gasteiger partial charge is 0.356 e. The van der Waals surface area contributed by atoms with Crippen LogP contribution in [0.2, 0.25) is 0 Å². The summed E-state index contributed by atoms with van der Waals surface area (Å²) in [4.78, 5) is 14.5. The Kier molecular flexibility index (Phi) is 7.56. The van der Waals surface area contributed by atoms with Crippen LogP contribution in [0.25, 0.3) is 0 Å². The van der Waals surface area contributed by atoms with E-state index in [1.807, 2.05) is 30.3 Å². The maximum atomic E-state index is 11.9. The normalized spacial score (nSPS) is 17.8. The second-order valence-corrected chi connectivity index (χ2v) is 6.80. The van der Waals surface area contributed by atoms with Crippen molar-refractivity contribution < 1.29 is 4.79 Å². The molecular formula is C19H31N3O. The van der Waals surface area contributed by atoms with E-state index in [4.69, 9.17) is 5.73 Å². The number of piperidine rings is 1. The first-order valence-electron chi connectivity index (χ1n) is 8.94. The Morgan fingerprint density at radius 3 is 2.65 bits per heavy atom. The Morgan fingerprint density at radius 2 is 1.96 bits per heavy atom. The van der Waals surface area contributed by atoms with Crippen molar-refractivity contribution in [3.63, 3.8) is 0 Å². The molecule has 1 aliphatic rings. The average molecular weight is 317 g/mol. The van der Waals surface area contributed by atoms with Crippen LogP contribution in [-0.2, 0) is 4.79 Å². The number of amides is 1. The van der Waals surface area contributed by atoms with Crippen molar-refractivity contribution in [3.05, 3.63) is 35.9 Å². The summed E-state index contributed by atoms with van der Waals surface area (Å²) in [7, 11) is 0. The van der Waals surface area contributed by atoms with E-state index in [0.29, 0.717) is 6.42 Å². The molecule has 4 nitrogen and oxygen atoms in total. The van der Waals surface area contributed by atoms with E-state index in [-0.39, 0.29) is 11.9 Å². The van der Waals surface area contributed by atoms with Gasteiger partial charge in [-0.15, -0.1) is 0 Å². The summed E-state index contributed by atoms with van der Waals surface area (Å²) in [5.74, 6) is 0.938. The molecule has 1 unspecified atom stereocenters. The second kappa shape index (κ2) is 9.68. The lowest BCUT2D eigenvalue weighted by atomic mass is 9.99. The van der Waals surface area contributed by atoms with Gasteiger partial charge < -0.3 is 16.0 Å². The van der Waals surface area contributed by atoms with Crippen molar-refractivity contribution >= 4 is 5.91 Å². The van der Waals surface area contributed by atoms with Gasteiger partial charge in [0, 0.05) is 19.0 Å². The minimum absolute atomic E-state index is 0.0492. The number of nitrogens with one attached hydrogen (secondary N) is 1. The van der Waals surface area contributed by atoms with Crippen LogP contribution in [0.5, 0.6) is 0 Å². The van der Waals surface area contributed by atoms with Crippen LogP contribution in [0, 0.1) is 5.92 Å². The molecule has 0 radical (unpaired) electrons.